The lowest BCUT2D eigenvalue weighted by atomic mass is 10.2. The summed E-state index contributed by atoms with van der Waals surface area (Å²) in [7, 11) is 0. The molecule has 0 atom stereocenters. The van der Waals surface area contributed by atoms with Gasteiger partial charge in [-0.05, 0) is 25.5 Å². The van der Waals surface area contributed by atoms with Gasteiger partial charge in [0.05, 0.1) is 4.92 Å². The van der Waals surface area contributed by atoms with Gasteiger partial charge in [-0.15, -0.1) is 0 Å². The number of aryl methyl sites for hydroxylation is 2. The maximum Gasteiger partial charge on any atom is 0.276 e. The molecule has 0 radical (unpaired) electrons. The zero-order chi connectivity index (χ0) is 17.0. The van der Waals surface area contributed by atoms with E-state index >= 15 is 0 Å². The molecule has 1 N–H and O–H groups in total. The summed E-state index contributed by atoms with van der Waals surface area (Å²) in [6, 6.07) is 7.01. The minimum absolute atomic E-state index is 0.0706. The molecule has 8 heteroatoms. The number of aromatic nitrogens is 2. The van der Waals surface area contributed by atoms with Crippen molar-refractivity contribution in [1.29, 1.82) is 0 Å². The number of carbonyl (C=O) groups is 1. The first-order valence-electron chi connectivity index (χ1n) is 7.07. The molecule has 0 fully saturated rings. The number of benzene rings is 1. The van der Waals surface area contributed by atoms with Gasteiger partial charge in [0.25, 0.3) is 17.2 Å². The maximum absolute atomic E-state index is 12.2. The molecule has 23 heavy (non-hydrogen) atoms. The number of anilines is 1. The van der Waals surface area contributed by atoms with Crippen LogP contribution in [0.5, 0.6) is 0 Å². The molecule has 0 aliphatic heterocycles. The normalized spacial score (nSPS) is 10.3. The topological polar surface area (TPSA) is 107 Å². The van der Waals surface area contributed by atoms with Gasteiger partial charge in [-0.25, -0.2) is 4.68 Å². The molecule has 1 aromatic carbocycles. The Morgan fingerprint density at radius 2 is 2.09 bits per heavy atom. The first kappa shape index (κ1) is 16.3. The predicted octanol–water partition coefficient (Wildman–Crippen LogP) is 2.12. The molecule has 0 aliphatic carbocycles. The Hall–Kier alpha value is -3.03. The largest absolute Gasteiger partial charge is 0.320 e. The molecule has 0 bridgehead atoms. The van der Waals surface area contributed by atoms with Crippen LogP contribution in [0.15, 0.2) is 35.1 Å². The molecule has 2 aromatic rings. The minimum Gasteiger partial charge on any atom is -0.320 e. The summed E-state index contributed by atoms with van der Waals surface area (Å²) in [5, 5.41) is 17.5. The van der Waals surface area contributed by atoms with E-state index in [-0.39, 0.29) is 16.9 Å². The van der Waals surface area contributed by atoms with Crippen molar-refractivity contribution in [2.45, 2.75) is 26.8 Å². The van der Waals surface area contributed by atoms with Crippen molar-refractivity contribution in [3.8, 4) is 0 Å². The number of amides is 1. The van der Waals surface area contributed by atoms with Crippen LogP contribution in [0.2, 0.25) is 0 Å². The molecule has 0 saturated carbocycles. The van der Waals surface area contributed by atoms with Crippen LogP contribution in [-0.4, -0.2) is 20.6 Å². The van der Waals surface area contributed by atoms with Crippen molar-refractivity contribution in [2.75, 3.05) is 5.32 Å². The maximum atomic E-state index is 12.2. The van der Waals surface area contributed by atoms with E-state index in [9.17, 15) is 19.7 Å². The first-order chi connectivity index (χ1) is 10.9. The number of nitrogens with one attached hydrogen (secondary N) is 1. The molecule has 2 rings (SSSR count). The Kier molecular flexibility index (Phi) is 4.85. The van der Waals surface area contributed by atoms with Crippen molar-refractivity contribution >= 4 is 17.3 Å². The molecular weight excluding hydrogens is 300 g/mol. The molecule has 8 nitrogen and oxygen atoms in total. The van der Waals surface area contributed by atoms with Gasteiger partial charge in [-0.3, -0.25) is 19.7 Å². The smallest absolute Gasteiger partial charge is 0.276 e. The Bertz CT molecular complexity index is 813. The highest BCUT2D eigenvalue weighted by atomic mass is 16.6. The highest BCUT2D eigenvalue weighted by Crippen LogP contribution is 2.22. The molecule has 1 amide bonds. The third-order valence-corrected chi connectivity index (χ3v) is 3.20. The van der Waals surface area contributed by atoms with E-state index in [0.29, 0.717) is 24.2 Å². The average molecular weight is 316 g/mol. The van der Waals surface area contributed by atoms with Gasteiger partial charge in [-0.2, -0.15) is 5.10 Å². The van der Waals surface area contributed by atoms with E-state index in [1.807, 2.05) is 6.92 Å². The Morgan fingerprint density at radius 3 is 2.74 bits per heavy atom. The summed E-state index contributed by atoms with van der Waals surface area (Å²) in [6.07, 6.45) is 0.710. The molecule has 0 unspecified atom stereocenters. The lowest BCUT2D eigenvalue weighted by molar-refractivity contribution is -0.385. The predicted molar refractivity (Wildman–Crippen MR) is 84.6 cm³/mol. The first-order valence-corrected chi connectivity index (χ1v) is 7.07. The fourth-order valence-corrected chi connectivity index (χ4v) is 2.02. The lowest BCUT2D eigenvalue weighted by Crippen LogP contribution is -2.26. The quantitative estimate of drug-likeness (QED) is 0.671. The summed E-state index contributed by atoms with van der Waals surface area (Å²) >= 11 is 0. The van der Waals surface area contributed by atoms with Gasteiger partial charge in [-0.1, -0.05) is 13.0 Å². The van der Waals surface area contributed by atoms with Gasteiger partial charge in [0.2, 0.25) is 0 Å². The fourth-order valence-electron chi connectivity index (χ4n) is 2.02. The van der Waals surface area contributed by atoms with Gasteiger partial charge < -0.3 is 5.32 Å². The van der Waals surface area contributed by atoms with Crippen LogP contribution >= 0.6 is 0 Å². The highest BCUT2D eigenvalue weighted by molar-refractivity contribution is 6.02. The summed E-state index contributed by atoms with van der Waals surface area (Å²) in [5.41, 5.74) is 0.507. The monoisotopic (exact) mass is 316 g/mol. The summed E-state index contributed by atoms with van der Waals surface area (Å²) in [4.78, 5) is 34.2. The van der Waals surface area contributed by atoms with E-state index in [1.165, 1.54) is 22.9 Å². The van der Waals surface area contributed by atoms with E-state index in [4.69, 9.17) is 0 Å². The van der Waals surface area contributed by atoms with E-state index in [2.05, 4.69) is 10.4 Å². The second-order valence-corrected chi connectivity index (χ2v) is 4.99. The number of hydrogen-bond acceptors (Lipinski definition) is 5. The van der Waals surface area contributed by atoms with E-state index in [0.717, 1.165) is 0 Å². The van der Waals surface area contributed by atoms with Gasteiger partial charge in [0, 0.05) is 29.9 Å². The average Bonchev–Trinajstić information content (AvgIpc) is 2.51. The minimum atomic E-state index is -0.534. The second kappa shape index (κ2) is 6.82. The third kappa shape index (κ3) is 3.79. The Labute approximate surface area is 131 Å². The van der Waals surface area contributed by atoms with Gasteiger partial charge in [0.15, 0.2) is 0 Å². The number of carbonyl (C=O) groups excluding carboxylic acids is 1. The fraction of sp³-hybridized carbons (Fsp3) is 0.267. The summed E-state index contributed by atoms with van der Waals surface area (Å²) in [6.45, 7) is 3.92. The molecule has 0 aliphatic rings. The van der Waals surface area contributed by atoms with Gasteiger partial charge >= 0.3 is 0 Å². The molecule has 120 valence electrons. The van der Waals surface area contributed by atoms with Crippen molar-refractivity contribution in [2.24, 2.45) is 0 Å². The number of nitro groups is 1. The number of rotatable bonds is 5. The standard InChI is InChI=1S/C15H16N4O4/c1-3-8-18-14(20)7-6-12(17-18)15(21)16-11-5-4-10(2)13(9-11)19(22)23/h4-7,9H,3,8H2,1-2H3,(H,16,21). The van der Waals surface area contributed by atoms with Crippen LogP contribution in [-0.2, 0) is 6.54 Å². The molecule has 1 heterocycles. The van der Waals surface area contributed by atoms with Crippen molar-refractivity contribution < 1.29 is 9.72 Å². The van der Waals surface area contributed by atoms with E-state index < -0.39 is 10.8 Å². The van der Waals surface area contributed by atoms with Crippen LogP contribution < -0.4 is 10.9 Å². The SMILES string of the molecule is CCCn1nc(C(=O)Nc2ccc(C)c([N+](=O)[O-])c2)ccc1=O. The molecular formula is C15H16N4O4. The highest BCUT2D eigenvalue weighted by Gasteiger charge is 2.14. The van der Waals surface area contributed by atoms with Crippen LogP contribution in [0.4, 0.5) is 11.4 Å². The van der Waals surface area contributed by atoms with Crippen molar-refractivity contribution in [3.63, 3.8) is 0 Å². The van der Waals surface area contributed by atoms with Crippen molar-refractivity contribution in [3.05, 3.63) is 62.1 Å². The number of nitrogens with zero attached hydrogens (tertiary/aromatic N) is 3. The third-order valence-electron chi connectivity index (χ3n) is 3.20. The van der Waals surface area contributed by atoms with E-state index in [1.54, 1.807) is 19.1 Å². The van der Waals surface area contributed by atoms with Crippen molar-refractivity contribution in [1.82, 2.24) is 9.78 Å². The van der Waals surface area contributed by atoms with Crippen LogP contribution in [0.3, 0.4) is 0 Å². The zero-order valence-electron chi connectivity index (χ0n) is 12.8. The van der Waals surface area contributed by atoms with Gasteiger partial charge in [0.1, 0.15) is 5.69 Å². The second-order valence-electron chi connectivity index (χ2n) is 4.99. The molecule has 0 saturated heterocycles. The summed E-state index contributed by atoms with van der Waals surface area (Å²) in [5.74, 6) is -0.534. The Morgan fingerprint density at radius 1 is 1.35 bits per heavy atom. The summed E-state index contributed by atoms with van der Waals surface area (Å²) < 4.78 is 1.21. The van der Waals surface area contributed by atoms with Crippen LogP contribution in [0.25, 0.3) is 0 Å². The molecule has 1 aromatic heterocycles. The van der Waals surface area contributed by atoms with Crippen LogP contribution in [0, 0.1) is 17.0 Å². The lowest BCUT2D eigenvalue weighted by Gasteiger charge is -2.07. The zero-order valence-corrected chi connectivity index (χ0v) is 12.8. The Balaban J connectivity index is 2.26. The van der Waals surface area contributed by atoms with Crippen LogP contribution in [0.1, 0.15) is 29.4 Å². The number of hydrogen-bond donors (Lipinski definition) is 1. The molecule has 0 spiro atoms. The number of nitro benzene ring substituents is 1.